The molecule has 2 aromatic heterocycles. The molecule has 0 aliphatic heterocycles. The third-order valence-corrected chi connectivity index (χ3v) is 6.83. The maximum atomic E-state index is 12.6. The number of thioether (sulfide) groups is 1. The van der Waals surface area contributed by atoms with Crippen LogP contribution in [-0.4, -0.2) is 42.8 Å². The van der Waals surface area contributed by atoms with Crippen LogP contribution in [0, 0.1) is 20.8 Å². The molecular formula is C22H22N2O5S2. The second-order valence-electron chi connectivity index (χ2n) is 6.83. The first-order chi connectivity index (χ1) is 14.8. The van der Waals surface area contributed by atoms with E-state index < -0.39 is 11.9 Å². The summed E-state index contributed by atoms with van der Waals surface area (Å²) in [5, 5.41) is 4.80. The summed E-state index contributed by atoms with van der Waals surface area (Å²) >= 11 is 2.29. The molecule has 1 aromatic carbocycles. The molecule has 0 fully saturated rings. The van der Waals surface area contributed by atoms with E-state index in [0.29, 0.717) is 5.56 Å². The molecule has 0 saturated carbocycles. The molecule has 7 nitrogen and oxygen atoms in total. The molecule has 0 saturated heterocycles. The molecule has 1 amide bonds. The lowest BCUT2D eigenvalue weighted by Gasteiger charge is -2.09. The number of amides is 1. The average Bonchev–Trinajstić information content (AvgIpc) is 3.07. The number of rotatable bonds is 6. The Labute approximate surface area is 188 Å². The highest BCUT2D eigenvalue weighted by atomic mass is 32.2. The number of thiophene rings is 1. The highest BCUT2D eigenvalue weighted by Gasteiger charge is 2.26. The van der Waals surface area contributed by atoms with E-state index in [0.717, 1.165) is 38.4 Å². The number of benzene rings is 1. The van der Waals surface area contributed by atoms with Crippen LogP contribution in [0.5, 0.6) is 0 Å². The molecule has 1 N–H and O–H groups in total. The summed E-state index contributed by atoms with van der Waals surface area (Å²) in [7, 11) is 2.50. The number of anilines is 1. The number of aryl methyl sites for hydroxylation is 2. The highest BCUT2D eigenvalue weighted by molar-refractivity contribution is 7.99. The first-order valence-corrected chi connectivity index (χ1v) is 11.2. The highest BCUT2D eigenvalue weighted by Crippen LogP contribution is 2.34. The average molecular weight is 459 g/mol. The second kappa shape index (κ2) is 9.49. The molecule has 0 unspecified atom stereocenters. The lowest BCUT2D eigenvalue weighted by molar-refractivity contribution is -0.113. The van der Waals surface area contributed by atoms with Gasteiger partial charge in [0.15, 0.2) is 0 Å². The Morgan fingerprint density at radius 2 is 1.77 bits per heavy atom. The predicted octanol–water partition coefficient (Wildman–Crippen LogP) is 4.53. The molecule has 31 heavy (non-hydrogen) atoms. The number of ether oxygens (including phenoxy) is 2. The van der Waals surface area contributed by atoms with Crippen molar-refractivity contribution in [3.05, 3.63) is 51.4 Å². The predicted molar refractivity (Wildman–Crippen MR) is 122 cm³/mol. The van der Waals surface area contributed by atoms with Crippen LogP contribution >= 0.6 is 23.1 Å². The zero-order chi connectivity index (χ0) is 22.7. The number of nitrogens with zero attached hydrogens (tertiary/aromatic N) is 1. The SMILES string of the molecule is COC(=O)c1sc(NC(=O)CSc2cc(C)c3cccc(C)c3n2)c(C(=O)OC)c1C. The van der Waals surface area contributed by atoms with Crippen LogP contribution in [0.1, 0.15) is 36.7 Å². The number of nitrogens with one attached hydrogen (secondary N) is 1. The number of para-hydroxylation sites is 1. The van der Waals surface area contributed by atoms with Crippen LogP contribution in [0.3, 0.4) is 0 Å². The number of hydrogen-bond donors (Lipinski definition) is 1. The van der Waals surface area contributed by atoms with E-state index in [-0.39, 0.29) is 27.1 Å². The Kier molecular flexibility index (Phi) is 6.97. The van der Waals surface area contributed by atoms with Crippen LogP contribution in [0.4, 0.5) is 5.00 Å². The molecule has 0 bridgehead atoms. The van der Waals surface area contributed by atoms with Gasteiger partial charge in [0, 0.05) is 5.39 Å². The van der Waals surface area contributed by atoms with E-state index in [2.05, 4.69) is 10.3 Å². The van der Waals surface area contributed by atoms with Gasteiger partial charge in [-0.25, -0.2) is 14.6 Å². The zero-order valence-electron chi connectivity index (χ0n) is 17.8. The number of pyridine rings is 1. The summed E-state index contributed by atoms with van der Waals surface area (Å²) in [4.78, 5) is 41.7. The minimum atomic E-state index is -0.630. The Hall–Kier alpha value is -2.91. The molecule has 3 aromatic rings. The molecule has 0 spiro atoms. The van der Waals surface area contributed by atoms with Gasteiger partial charge < -0.3 is 14.8 Å². The number of hydrogen-bond acceptors (Lipinski definition) is 8. The van der Waals surface area contributed by atoms with Crippen LogP contribution in [0.2, 0.25) is 0 Å². The van der Waals surface area contributed by atoms with Crippen molar-refractivity contribution in [1.29, 1.82) is 0 Å². The minimum absolute atomic E-state index is 0.0922. The maximum absolute atomic E-state index is 12.6. The van der Waals surface area contributed by atoms with E-state index in [1.54, 1.807) is 6.92 Å². The molecule has 3 rings (SSSR count). The summed E-state index contributed by atoms with van der Waals surface area (Å²) in [5.41, 5.74) is 3.63. The monoisotopic (exact) mass is 458 g/mol. The van der Waals surface area contributed by atoms with Gasteiger partial charge in [0.25, 0.3) is 0 Å². The fourth-order valence-corrected chi connectivity index (χ4v) is 5.04. The van der Waals surface area contributed by atoms with Gasteiger partial charge in [-0.05, 0) is 43.5 Å². The lowest BCUT2D eigenvalue weighted by atomic mass is 10.1. The summed E-state index contributed by atoms with van der Waals surface area (Å²) in [6.45, 7) is 5.63. The molecule has 9 heteroatoms. The minimum Gasteiger partial charge on any atom is -0.465 e. The topological polar surface area (TPSA) is 94.6 Å². The summed E-state index contributed by atoms with van der Waals surface area (Å²) < 4.78 is 9.57. The van der Waals surface area contributed by atoms with E-state index in [1.807, 2.05) is 38.1 Å². The van der Waals surface area contributed by atoms with Gasteiger partial charge in [0.2, 0.25) is 5.91 Å². The number of methoxy groups -OCH3 is 2. The van der Waals surface area contributed by atoms with Crippen molar-refractivity contribution in [2.75, 3.05) is 25.3 Å². The van der Waals surface area contributed by atoms with Crippen molar-refractivity contribution in [2.24, 2.45) is 0 Å². The maximum Gasteiger partial charge on any atom is 0.348 e. The third kappa shape index (κ3) is 4.72. The summed E-state index contributed by atoms with van der Waals surface area (Å²) in [5.74, 6) is -1.44. The largest absolute Gasteiger partial charge is 0.465 e. The van der Waals surface area contributed by atoms with Crippen LogP contribution in [0.15, 0.2) is 29.3 Å². The van der Waals surface area contributed by atoms with Gasteiger partial charge >= 0.3 is 11.9 Å². The molecule has 0 radical (unpaired) electrons. The number of carbonyl (C=O) groups excluding carboxylic acids is 3. The van der Waals surface area contributed by atoms with Crippen LogP contribution < -0.4 is 5.32 Å². The van der Waals surface area contributed by atoms with Crippen molar-refractivity contribution in [1.82, 2.24) is 4.98 Å². The first kappa shape index (κ1) is 22.8. The Balaban J connectivity index is 1.80. The number of esters is 2. The molecule has 2 heterocycles. The Morgan fingerprint density at radius 1 is 1.06 bits per heavy atom. The van der Waals surface area contributed by atoms with E-state index >= 15 is 0 Å². The number of carbonyl (C=O) groups is 3. The van der Waals surface area contributed by atoms with Crippen molar-refractivity contribution in [3.63, 3.8) is 0 Å². The van der Waals surface area contributed by atoms with E-state index in [1.165, 1.54) is 26.0 Å². The number of fused-ring (bicyclic) bond motifs is 1. The summed E-state index contributed by atoms with van der Waals surface area (Å²) in [6.07, 6.45) is 0. The van der Waals surface area contributed by atoms with Crippen molar-refractivity contribution < 1.29 is 23.9 Å². The lowest BCUT2D eigenvalue weighted by Crippen LogP contribution is -2.16. The first-order valence-electron chi connectivity index (χ1n) is 9.36. The van der Waals surface area contributed by atoms with Crippen LogP contribution in [0.25, 0.3) is 10.9 Å². The Bertz CT molecular complexity index is 1190. The van der Waals surface area contributed by atoms with Gasteiger partial charge in [-0.3, -0.25) is 4.79 Å². The fraction of sp³-hybridized carbons (Fsp3) is 0.273. The number of aromatic nitrogens is 1. The van der Waals surface area contributed by atoms with Crippen LogP contribution in [-0.2, 0) is 14.3 Å². The second-order valence-corrected chi connectivity index (χ2v) is 8.85. The van der Waals surface area contributed by atoms with Gasteiger partial charge in [-0.2, -0.15) is 0 Å². The smallest absolute Gasteiger partial charge is 0.348 e. The molecule has 0 aliphatic carbocycles. The molecule has 0 aliphatic rings. The summed E-state index contributed by atoms with van der Waals surface area (Å²) in [6, 6.07) is 7.97. The van der Waals surface area contributed by atoms with E-state index in [9.17, 15) is 14.4 Å². The van der Waals surface area contributed by atoms with E-state index in [4.69, 9.17) is 9.47 Å². The molecule has 0 atom stereocenters. The Morgan fingerprint density at radius 3 is 2.45 bits per heavy atom. The van der Waals surface area contributed by atoms with Gasteiger partial charge in [0.05, 0.1) is 36.1 Å². The van der Waals surface area contributed by atoms with Gasteiger partial charge in [-0.1, -0.05) is 30.0 Å². The molecular weight excluding hydrogens is 436 g/mol. The zero-order valence-corrected chi connectivity index (χ0v) is 19.5. The quantitative estimate of drug-likeness (QED) is 0.428. The normalized spacial score (nSPS) is 10.7. The van der Waals surface area contributed by atoms with Crippen molar-refractivity contribution in [2.45, 2.75) is 25.8 Å². The van der Waals surface area contributed by atoms with Gasteiger partial charge in [-0.15, -0.1) is 11.3 Å². The van der Waals surface area contributed by atoms with Crippen molar-refractivity contribution >= 4 is 56.8 Å². The van der Waals surface area contributed by atoms with Crippen molar-refractivity contribution in [3.8, 4) is 0 Å². The molecule has 162 valence electrons. The third-order valence-electron chi connectivity index (χ3n) is 4.74. The standard InChI is InChI=1S/C22H22N2O5S2/c1-11-7-6-8-14-12(2)9-16(24-18(11)14)30-10-15(25)23-20-17(21(26)28-4)13(3)19(31-20)22(27)29-5/h6-9H,10H2,1-5H3,(H,23,25). The fourth-order valence-electron chi connectivity index (χ4n) is 3.14. The van der Waals surface area contributed by atoms with Gasteiger partial charge in [0.1, 0.15) is 9.88 Å².